The SMILES string of the molecule is CNC(C(N)=O)c1cccs1. The van der Waals surface area contributed by atoms with E-state index in [4.69, 9.17) is 5.73 Å². The van der Waals surface area contributed by atoms with Crippen LogP contribution < -0.4 is 11.1 Å². The van der Waals surface area contributed by atoms with Gasteiger partial charge in [-0.25, -0.2) is 0 Å². The standard InChI is InChI=1S/C7H10N2OS/c1-9-6(7(8)10)5-3-2-4-11-5/h2-4,6,9H,1H3,(H2,8,10). The minimum atomic E-state index is -0.338. The summed E-state index contributed by atoms with van der Waals surface area (Å²) in [6, 6.07) is 3.44. The van der Waals surface area contributed by atoms with Gasteiger partial charge in [-0.15, -0.1) is 11.3 Å². The fourth-order valence-electron chi connectivity index (χ4n) is 0.880. The fraction of sp³-hybridized carbons (Fsp3) is 0.286. The average molecular weight is 170 g/mol. The third-order valence-corrected chi connectivity index (χ3v) is 2.34. The molecule has 1 atom stereocenters. The summed E-state index contributed by atoms with van der Waals surface area (Å²) in [6.07, 6.45) is 0. The van der Waals surface area contributed by atoms with E-state index in [1.165, 1.54) is 11.3 Å². The molecule has 4 heteroatoms. The van der Waals surface area contributed by atoms with Gasteiger partial charge >= 0.3 is 0 Å². The lowest BCUT2D eigenvalue weighted by Crippen LogP contribution is -2.30. The maximum Gasteiger partial charge on any atom is 0.239 e. The van der Waals surface area contributed by atoms with E-state index in [1.807, 2.05) is 17.5 Å². The van der Waals surface area contributed by atoms with Crippen LogP contribution in [-0.2, 0) is 4.79 Å². The van der Waals surface area contributed by atoms with Crippen LogP contribution in [0.2, 0.25) is 0 Å². The summed E-state index contributed by atoms with van der Waals surface area (Å²) >= 11 is 1.52. The van der Waals surface area contributed by atoms with E-state index in [2.05, 4.69) is 5.32 Å². The number of thiophene rings is 1. The number of carbonyl (C=O) groups excluding carboxylic acids is 1. The average Bonchev–Trinajstić information content (AvgIpc) is 2.40. The van der Waals surface area contributed by atoms with Crippen LogP contribution in [0.15, 0.2) is 17.5 Å². The maximum absolute atomic E-state index is 10.8. The second-order valence-corrected chi connectivity index (χ2v) is 3.12. The predicted octanol–water partition coefficient (Wildman–Crippen LogP) is 0.494. The monoisotopic (exact) mass is 170 g/mol. The minimum absolute atomic E-state index is 0.338. The van der Waals surface area contributed by atoms with Crippen LogP contribution in [0.1, 0.15) is 10.9 Å². The van der Waals surface area contributed by atoms with Gasteiger partial charge in [-0.1, -0.05) is 6.07 Å². The van der Waals surface area contributed by atoms with E-state index >= 15 is 0 Å². The van der Waals surface area contributed by atoms with Crippen molar-refractivity contribution in [2.45, 2.75) is 6.04 Å². The summed E-state index contributed by atoms with van der Waals surface area (Å²) in [7, 11) is 1.72. The summed E-state index contributed by atoms with van der Waals surface area (Å²) in [5.74, 6) is -0.338. The van der Waals surface area contributed by atoms with E-state index in [0.29, 0.717) is 0 Å². The van der Waals surface area contributed by atoms with Crippen LogP contribution in [0.4, 0.5) is 0 Å². The summed E-state index contributed by atoms with van der Waals surface area (Å²) in [5, 5.41) is 4.76. The zero-order chi connectivity index (χ0) is 8.27. The molecule has 1 rings (SSSR count). The molecular weight excluding hydrogens is 160 g/mol. The van der Waals surface area contributed by atoms with E-state index in [1.54, 1.807) is 7.05 Å². The molecule has 60 valence electrons. The first kappa shape index (κ1) is 8.23. The van der Waals surface area contributed by atoms with Crippen LogP contribution in [-0.4, -0.2) is 13.0 Å². The Morgan fingerprint density at radius 1 is 1.82 bits per heavy atom. The highest BCUT2D eigenvalue weighted by Crippen LogP contribution is 2.17. The number of hydrogen-bond acceptors (Lipinski definition) is 3. The van der Waals surface area contributed by atoms with Gasteiger partial charge in [-0.05, 0) is 18.5 Å². The minimum Gasteiger partial charge on any atom is -0.368 e. The molecule has 3 N–H and O–H groups in total. The second-order valence-electron chi connectivity index (χ2n) is 2.14. The van der Waals surface area contributed by atoms with Gasteiger partial charge in [-0.2, -0.15) is 0 Å². The van der Waals surface area contributed by atoms with Crippen LogP contribution >= 0.6 is 11.3 Å². The third-order valence-electron chi connectivity index (χ3n) is 1.40. The van der Waals surface area contributed by atoms with Crippen molar-refractivity contribution in [3.8, 4) is 0 Å². The fourth-order valence-corrected chi connectivity index (χ4v) is 1.72. The lowest BCUT2D eigenvalue weighted by Gasteiger charge is -2.08. The smallest absolute Gasteiger partial charge is 0.239 e. The van der Waals surface area contributed by atoms with Crippen LogP contribution in [0, 0.1) is 0 Å². The van der Waals surface area contributed by atoms with Gasteiger partial charge in [0.05, 0.1) is 0 Å². The van der Waals surface area contributed by atoms with Crippen LogP contribution in [0.5, 0.6) is 0 Å². The van der Waals surface area contributed by atoms with Crippen molar-refractivity contribution in [2.75, 3.05) is 7.05 Å². The zero-order valence-electron chi connectivity index (χ0n) is 6.20. The largest absolute Gasteiger partial charge is 0.368 e. The number of rotatable bonds is 3. The normalized spacial score (nSPS) is 12.8. The molecule has 0 radical (unpaired) electrons. The maximum atomic E-state index is 10.8. The van der Waals surface area contributed by atoms with Gasteiger partial charge in [0.25, 0.3) is 0 Å². The van der Waals surface area contributed by atoms with E-state index < -0.39 is 0 Å². The molecule has 3 nitrogen and oxygen atoms in total. The topological polar surface area (TPSA) is 55.1 Å². The van der Waals surface area contributed by atoms with Crippen molar-refractivity contribution in [3.63, 3.8) is 0 Å². The molecule has 1 aromatic rings. The molecule has 0 aliphatic rings. The molecule has 0 spiro atoms. The Hall–Kier alpha value is -0.870. The van der Waals surface area contributed by atoms with Gasteiger partial charge in [0, 0.05) is 4.88 Å². The Bertz CT molecular complexity index is 233. The van der Waals surface area contributed by atoms with Crippen molar-refractivity contribution in [2.24, 2.45) is 5.73 Å². The molecule has 0 bridgehead atoms. The number of nitrogens with one attached hydrogen (secondary N) is 1. The number of amides is 1. The molecule has 0 saturated carbocycles. The zero-order valence-corrected chi connectivity index (χ0v) is 7.02. The number of carbonyl (C=O) groups is 1. The van der Waals surface area contributed by atoms with Crippen molar-refractivity contribution < 1.29 is 4.79 Å². The van der Waals surface area contributed by atoms with Gasteiger partial charge < -0.3 is 11.1 Å². The van der Waals surface area contributed by atoms with Crippen LogP contribution in [0.25, 0.3) is 0 Å². The highest BCUT2D eigenvalue weighted by atomic mass is 32.1. The molecule has 0 saturated heterocycles. The molecule has 0 aliphatic carbocycles. The predicted molar refractivity (Wildman–Crippen MR) is 45.3 cm³/mol. The highest BCUT2D eigenvalue weighted by molar-refractivity contribution is 7.10. The summed E-state index contributed by atoms with van der Waals surface area (Å²) in [5.41, 5.74) is 5.14. The van der Waals surface area contributed by atoms with Crippen molar-refractivity contribution >= 4 is 17.2 Å². The Kier molecular flexibility index (Phi) is 2.62. The van der Waals surface area contributed by atoms with E-state index in [-0.39, 0.29) is 11.9 Å². The van der Waals surface area contributed by atoms with Crippen molar-refractivity contribution in [1.29, 1.82) is 0 Å². The van der Waals surface area contributed by atoms with Gasteiger partial charge in [-0.3, -0.25) is 4.79 Å². The summed E-state index contributed by atoms with van der Waals surface area (Å²) in [4.78, 5) is 11.8. The van der Waals surface area contributed by atoms with E-state index in [9.17, 15) is 4.79 Å². The van der Waals surface area contributed by atoms with Gasteiger partial charge in [0.2, 0.25) is 5.91 Å². The molecule has 1 heterocycles. The lowest BCUT2D eigenvalue weighted by atomic mass is 10.2. The Morgan fingerprint density at radius 2 is 2.55 bits per heavy atom. The Morgan fingerprint density at radius 3 is 2.91 bits per heavy atom. The van der Waals surface area contributed by atoms with Crippen molar-refractivity contribution in [1.82, 2.24) is 5.32 Å². The quantitative estimate of drug-likeness (QED) is 0.693. The molecule has 1 aromatic heterocycles. The first-order valence-electron chi connectivity index (χ1n) is 3.25. The molecular formula is C7H10N2OS. The second kappa shape index (κ2) is 3.50. The molecule has 0 fully saturated rings. The lowest BCUT2D eigenvalue weighted by molar-refractivity contribution is -0.119. The number of nitrogens with two attached hydrogens (primary N) is 1. The highest BCUT2D eigenvalue weighted by Gasteiger charge is 2.15. The number of likely N-dealkylation sites (N-methyl/N-ethyl adjacent to an activating group) is 1. The molecule has 0 aliphatic heterocycles. The molecule has 11 heavy (non-hydrogen) atoms. The van der Waals surface area contributed by atoms with Crippen LogP contribution in [0.3, 0.4) is 0 Å². The molecule has 1 amide bonds. The van der Waals surface area contributed by atoms with Gasteiger partial charge in [0.1, 0.15) is 6.04 Å². The number of primary amides is 1. The summed E-state index contributed by atoms with van der Waals surface area (Å²) < 4.78 is 0. The Balaban J connectivity index is 2.79. The first-order valence-corrected chi connectivity index (χ1v) is 4.13. The van der Waals surface area contributed by atoms with Crippen molar-refractivity contribution in [3.05, 3.63) is 22.4 Å². The van der Waals surface area contributed by atoms with Gasteiger partial charge in [0.15, 0.2) is 0 Å². The Labute approximate surface area is 69.2 Å². The van der Waals surface area contributed by atoms with E-state index in [0.717, 1.165) is 4.88 Å². The first-order chi connectivity index (χ1) is 5.25. The molecule has 0 aromatic carbocycles. The third kappa shape index (κ3) is 1.78. The number of hydrogen-bond donors (Lipinski definition) is 2. The molecule has 1 unspecified atom stereocenters. The summed E-state index contributed by atoms with van der Waals surface area (Å²) in [6.45, 7) is 0.